The van der Waals surface area contributed by atoms with Gasteiger partial charge in [-0.05, 0) is 87.0 Å². The van der Waals surface area contributed by atoms with Crippen LogP contribution >= 0.6 is 11.6 Å². The lowest BCUT2D eigenvalue weighted by atomic mass is 9.83. The number of carboxylic acids is 1. The third-order valence-corrected chi connectivity index (χ3v) is 6.81. The summed E-state index contributed by atoms with van der Waals surface area (Å²) in [6.07, 6.45) is 7.26. The van der Waals surface area contributed by atoms with Crippen LogP contribution in [0.4, 0.5) is 0 Å². The first-order valence-electron chi connectivity index (χ1n) is 10.5. The second-order valence-electron chi connectivity index (χ2n) is 8.41. The topological polar surface area (TPSA) is 53.4 Å². The Morgan fingerprint density at radius 1 is 1.10 bits per heavy atom. The van der Waals surface area contributed by atoms with Gasteiger partial charge in [0.05, 0.1) is 11.1 Å². The van der Waals surface area contributed by atoms with Gasteiger partial charge >= 0.3 is 5.97 Å². The molecule has 3 aromatic rings. The van der Waals surface area contributed by atoms with Crippen LogP contribution in [0.5, 0.6) is 0 Å². The van der Waals surface area contributed by atoms with Crippen molar-refractivity contribution in [2.45, 2.75) is 50.6 Å². The van der Waals surface area contributed by atoms with Crippen LogP contribution in [0, 0.1) is 6.92 Å². The zero-order chi connectivity index (χ0) is 21.3. The summed E-state index contributed by atoms with van der Waals surface area (Å²) in [5.74, 6) is -0.209. The average Bonchev–Trinajstić information content (AvgIpc) is 2.94. The molecule has 1 N–H and O–H groups in total. The Labute approximate surface area is 182 Å². The van der Waals surface area contributed by atoms with Crippen LogP contribution in [0.2, 0.25) is 5.02 Å². The van der Waals surface area contributed by atoms with E-state index in [4.69, 9.17) is 16.7 Å². The van der Waals surface area contributed by atoms with Crippen LogP contribution < -0.4 is 0 Å². The normalized spacial score (nSPS) is 23.1. The van der Waals surface area contributed by atoms with Gasteiger partial charge in [0, 0.05) is 28.7 Å². The molecule has 0 saturated carbocycles. The second-order valence-corrected chi connectivity index (χ2v) is 8.84. The molecule has 2 unspecified atom stereocenters. The molecule has 2 bridgehead atoms. The SMILES string of the molecule is Cc1cc(Cl)cc2nccc(C3CC4CCC(C3)N4C)c12.O=C(O)c1ccccc1. The molecule has 5 heteroatoms. The van der Waals surface area contributed by atoms with Crippen LogP contribution in [0.25, 0.3) is 10.9 Å². The standard InChI is InChI=1S/C18H21ClN2.C7H6O2/c1-11-7-13(19)10-17-18(11)16(5-6-20-17)12-8-14-3-4-15(9-12)21(14)2;8-7(9)6-4-2-1-3-5-6/h5-7,10,12,14-15H,3-4,8-9H2,1-2H3;1-5H,(H,8,9). The van der Waals surface area contributed by atoms with E-state index in [9.17, 15) is 4.79 Å². The zero-order valence-electron chi connectivity index (χ0n) is 17.4. The van der Waals surface area contributed by atoms with Gasteiger partial charge in [0.15, 0.2) is 0 Å². The number of aromatic carboxylic acids is 1. The van der Waals surface area contributed by atoms with Gasteiger partial charge in [0.25, 0.3) is 0 Å². The molecule has 2 aromatic carbocycles. The number of hydrogen-bond acceptors (Lipinski definition) is 3. The molecule has 0 radical (unpaired) electrons. The zero-order valence-corrected chi connectivity index (χ0v) is 18.1. The van der Waals surface area contributed by atoms with Gasteiger partial charge in [-0.1, -0.05) is 29.8 Å². The summed E-state index contributed by atoms with van der Waals surface area (Å²) in [6, 6.07) is 16.1. The van der Waals surface area contributed by atoms with Gasteiger partial charge < -0.3 is 10.0 Å². The lowest BCUT2D eigenvalue weighted by molar-refractivity contribution is 0.0697. The summed E-state index contributed by atoms with van der Waals surface area (Å²) in [5.41, 5.74) is 4.12. The summed E-state index contributed by atoms with van der Waals surface area (Å²) < 4.78 is 0. The third kappa shape index (κ3) is 4.21. The van der Waals surface area contributed by atoms with Crippen molar-refractivity contribution in [2.24, 2.45) is 0 Å². The summed E-state index contributed by atoms with van der Waals surface area (Å²) in [5, 5.41) is 10.5. The lowest BCUT2D eigenvalue weighted by Gasteiger charge is -2.37. The van der Waals surface area contributed by atoms with E-state index in [1.807, 2.05) is 12.3 Å². The molecule has 3 heterocycles. The highest BCUT2D eigenvalue weighted by atomic mass is 35.5. The summed E-state index contributed by atoms with van der Waals surface area (Å²) in [7, 11) is 2.30. The van der Waals surface area contributed by atoms with Crippen molar-refractivity contribution in [3.8, 4) is 0 Å². The predicted octanol–water partition coefficient (Wildman–Crippen LogP) is 5.92. The number of benzene rings is 2. The molecule has 2 fully saturated rings. The summed E-state index contributed by atoms with van der Waals surface area (Å²) in [4.78, 5) is 17.3. The molecule has 0 amide bonds. The van der Waals surface area contributed by atoms with Gasteiger partial charge in [-0.2, -0.15) is 0 Å². The van der Waals surface area contributed by atoms with Crippen molar-refractivity contribution >= 4 is 28.5 Å². The molecular formula is C25H27ClN2O2. The van der Waals surface area contributed by atoms with Crippen molar-refractivity contribution in [1.82, 2.24) is 9.88 Å². The van der Waals surface area contributed by atoms with Gasteiger partial charge in [-0.15, -0.1) is 0 Å². The average molecular weight is 423 g/mol. The van der Waals surface area contributed by atoms with Gasteiger partial charge in [0.1, 0.15) is 0 Å². The van der Waals surface area contributed by atoms with Crippen molar-refractivity contribution in [3.05, 3.63) is 76.4 Å². The van der Waals surface area contributed by atoms with Crippen LogP contribution in [0.15, 0.2) is 54.7 Å². The molecule has 2 atom stereocenters. The van der Waals surface area contributed by atoms with E-state index < -0.39 is 5.97 Å². The molecule has 0 aliphatic carbocycles. The van der Waals surface area contributed by atoms with E-state index in [1.54, 1.807) is 30.3 Å². The van der Waals surface area contributed by atoms with Crippen molar-refractivity contribution in [2.75, 3.05) is 7.05 Å². The van der Waals surface area contributed by atoms with Gasteiger partial charge in [-0.25, -0.2) is 4.79 Å². The maximum Gasteiger partial charge on any atom is 0.335 e. The molecule has 2 saturated heterocycles. The number of rotatable bonds is 2. The molecule has 1 aromatic heterocycles. The van der Waals surface area contributed by atoms with E-state index in [0.29, 0.717) is 11.5 Å². The molecule has 4 nitrogen and oxygen atoms in total. The molecule has 5 rings (SSSR count). The minimum atomic E-state index is -0.879. The highest BCUT2D eigenvalue weighted by Crippen LogP contribution is 2.44. The maximum absolute atomic E-state index is 10.2. The minimum absolute atomic E-state index is 0.331. The molecule has 156 valence electrons. The van der Waals surface area contributed by atoms with E-state index in [0.717, 1.165) is 22.6 Å². The molecular weight excluding hydrogens is 396 g/mol. The number of aryl methyl sites for hydroxylation is 1. The van der Waals surface area contributed by atoms with Gasteiger partial charge in [0.2, 0.25) is 0 Å². The molecule has 30 heavy (non-hydrogen) atoms. The monoisotopic (exact) mass is 422 g/mol. The predicted molar refractivity (Wildman–Crippen MR) is 121 cm³/mol. The largest absolute Gasteiger partial charge is 0.478 e. The number of hydrogen-bond donors (Lipinski definition) is 1. The number of pyridine rings is 1. The Morgan fingerprint density at radius 3 is 2.37 bits per heavy atom. The van der Waals surface area contributed by atoms with Crippen LogP contribution in [-0.4, -0.2) is 40.1 Å². The summed E-state index contributed by atoms with van der Waals surface area (Å²) in [6.45, 7) is 2.16. The minimum Gasteiger partial charge on any atom is -0.478 e. The number of nitrogens with zero attached hydrogens (tertiary/aromatic N) is 2. The van der Waals surface area contributed by atoms with Crippen molar-refractivity contribution < 1.29 is 9.90 Å². The van der Waals surface area contributed by atoms with E-state index in [2.05, 4.69) is 36.0 Å². The molecule has 2 aliphatic heterocycles. The first-order valence-corrected chi connectivity index (χ1v) is 10.9. The van der Waals surface area contributed by atoms with Crippen molar-refractivity contribution in [3.63, 3.8) is 0 Å². The van der Waals surface area contributed by atoms with Crippen LogP contribution in [0.3, 0.4) is 0 Å². The fraction of sp³-hybridized carbons (Fsp3) is 0.360. The first-order chi connectivity index (χ1) is 14.4. The third-order valence-electron chi connectivity index (χ3n) is 6.59. The highest BCUT2D eigenvalue weighted by Gasteiger charge is 2.39. The Hall–Kier alpha value is -2.43. The number of carbonyl (C=O) groups is 1. The number of piperidine rings is 1. The van der Waals surface area contributed by atoms with Crippen molar-refractivity contribution in [1.29, 1.82) is 0 Å². The first kappa shape index (κ1) is 20.8. The quantitative estimate of drug-likeness (QED) is 0.556. The Morgan fingerprint density at radius 2 is 1.77 bits per heavy atom. The van der Waals surface area contributed by atoms with E-state index in [-0.39, 0.29) is 0 Å². The number of carboxylic acid groups (broad SMARTS) is 1. The second kappa shape index (κ2) is 8.75. The smallest absolute Gasteiger partial charge is 0.335 e. The fourth-order valence-corrected chi connectivity index (χ4v) is 5.34. The highest BCUT2D eigenvalue weighted by molar-refractivity contribution is 6.31. The van der Waals surface area contributed by atoms with Crippen LogP contribution in [-0.2, 0) is 0 Å². The lowest BCUT2D eigenvalue weighted by Crippen LogP contribution is -2.39. The fourth-order valence-electron chi connectivity index (χ4n) is 5.07. The number of fused-ring (bicyclic) bond motifs is 3. The number of halogens is 1. The number of aromatic nitrogens is 1. The summed E-state index contributed by atoms with van der Waals surface area (Å²) >= 11 is 6.19. The van der Waals surface area contributed by atoms with E-state index in [1.165, 1.54) is 42.2 Å². The van der Waals surface area contributed by atoms with Crippen LogP contribution in [0.1, 0.15) is 53.1 Å². The Balaban J connectivity index is 0.000000204. The van der Waals surface area contributed by atoms with Gasteiger partial charge in [-0.3, -0.25) is 4.98 Å². The maximum atomic E-state index is 10.2. The Kier molecular flexibility index (Phi) is 6.07. The molecule has 2 aliphatic rings. The molecule has 0 spiro atoms. The Bertz CT molecular complexity index is 1040. The van der Waals surface area contributed by atoms with E-state index >= 15 is 0 Å².